The molecule has 0 aromatic heterocycles. The summed E-state index contributed by atoms with van der Waals surface area (Å²) in [5.41, 5.74) is 2.68. The van der Waals surface area contributed by atoms with Gasteiger partial charge in [0, 0.05) is 19.0 Å². The fraction of sp³-hybridized carbons (Fsp3) is 0.455. The van der Waals surface area contributed by atoms with Crippen LogP contribution in [0.4, 0.5) is 0 Å². The molecule has 1 unspecified atom stereocenters. The Hall–Kier alpha value is -0.860. The second-order valence-corrected chi connectivity index (χ2v) is 3.78. The van der Waals surface area contributed by atoms with Crippen LogP contribution in [-0.4, -0.2) is 30.2 Å². The van der Waals surface area contributed by atoms with Crippen molar-refractivity contribution in [3.8, 4) is 0 Å². The molecule has 1 aromatic rings. The summed E-state index contributed by atoms with van der Waals surface area (Å²) >= 11 is 0. The van der Waals surface area contributed by atoms with Crippen LogP contribution in [0.1, 0.15) is 17.0 Å². The van der Waals surface area contributed by atoms with Crippen molar-refractivity contribution in [3.63, 3.8) is 0 Å². The number of hydrogen-bond acceptors (Lipinski definition) is 2. The third-order valence-electron chi connectivity index (χ3n) is 2.69. The van der Waals surface area contributed by atoms with Crippen molar-refractivity contribution in [3.05, 3.63) is 35.4 Å². The Morgan fingerprint density at radius 3 is 3.00 bits per heavy atom. The lowest BCUT2D eigenvalue weighted by atomic mass is 9.91. The molecule has 0 spiro atoms. The minimum Gasteiger partial charge on any atom is -0.396 e. The number of aliphatic hydroxyl groups excluding tert-OH is 1. The van der Waals surface area contributed by atoms with Gasteiger partial charge in [0.2, 0.25) is 0 Å². The monoisotopic (exact) mass is 177 g/mol. The third-order valence-corrected chi connectivity index (χ3v) is 2.69. The molecule has 1 aromatic carbocycles. The third kappa shape index (κ3) is 1.60. The Kier molecular flexibility index (Phi) is 2.34. The van der Waals surface area contributed by atoms with Gasteiger partial charge in [0.15, 0.2) is 0 Å². The van der Waals surface area contributed by atoms with Gasteiger partial charge in [-0.15, -0.1) is 0 Å². The van der Waals surface area contributed by atoms with Crippen molar-refractivity contribution in [2.45, 2.75) is 12.5 Å². The predicted octanol–water partition coefficient (Wildman–Crippen LogP) is 1.21. The molecule has 0 saturated carbocycles. The van der Waals surface area contributed by atoms with Crippen LogP contribution in [-0.2, 0) is 6.54 Å². The Balaban J connectivity index is 2.37. The molecule has 0 aliphatic carbocycles. The summed E-state index contributed by atoms with van der Waals surface area (Å²) in [6.45, 7) is 2.22. The quantitative estimate of drug-likeness (QED) is 0.697. The van der Waals surface area contributed by atoms with Gasteiger partial charge in [0.25, 0.3) is 0 Å². The summed E-state index contributed by atoms with van der Waals surface area (Å²) in [5.74, 6) is 0.301. The zero-order valence-electron chi connectivity index (χ0n) is 7.90. The Labute approximate surface area is 78.8 Å². The maximum Gasteiger partial charge on any atom is 0.0512 e. The van der Waals surface area contributed by atoms with Gasteiger partial charge in [-0.05, 0) is 18.2 Å². The first-order valence-electron chi connectivity index (χ1n) is 4.68. The first kappa shape index (κ1) is 8.73. The van der Waals surface area contributed by atoms with E-state index in [1.165, 1.54) is 11.1 Å². The van der Waals surface area contributed by atoms with Gasteiger partial charge in [-0.3, -0.25) is 0 Å². The molecule has 0 fully saturated rings. The molecule has 1 aliphatic rings. The Morgan fingerprint density at radius 1 is 1.46 bits per heavy atom. The van der Waals surface area contributed by atoms with Gasteiger partial charge in [0.05, 0.1) is 6.61 Å². The molecule has 1 heterocycles. The van der Waals surface area contributed by atoms with Crippen molar-refractivity contribution < 1.29 is 5.11 Å². The zero-order chi connectivity index (χ0) is 9.26. The minimum absolute atomic E-state index is 0.251. The van der Waals surface area contributed by atoms with Crippen molar-refractivity contribution in [1.29, 1.82) is 0 Å². The van der Waals surface area contributed by atoms with E-state index in [1.807, 2.05) is 6.07 Å². The minimum atomic E-state index is 0.251. The maximum atomic E-state index is 9.23. The summed E-state index contributed by atoms with van der Waals surface area (Å²) in [6, 6.07) is 8.39. The lowest BCUT2D eigenvalue weighted by Gasteiger charge is -2.31. The van der Waals surface area contributed by atoms with Crippen molar-refractivity contribution in [2.75, 3.05) is 20.2 Å². The second kappa shape index (κ2) is 3.48. The van der Waals surface area contributed by atoms with E-state index in [9.17, 15) is 5.11 Å². The number of nitrogens with zero attached hydrogens (tertiary/aromatic N) is 1. The second-order valence-electron chi connectivity index (χ2n) is 3.78. The molecule has 2 rings (SSSR count). The van der Waals surface area contributed by atoms with Crippen LogP contribution in [0.3, 0.4) is 0 Å². The zero-order valence-corrected chi connectivity index (χ0v) is 7.90. The average Bonchev–Trinajstić information content (AvgIpc) is 2.16. The summed E-state index contributed by atoms with van der Waals surface area (Å²) in [6.07, 6.45) is 0. The SMILES string of the molecule is CN1Cc2ccccc2C(CO)C1. The highest BCUT2D eigenvalue weighted by Crippen LogP contribution is 2.26. The average molecular weight is 177 g/mol. The highest BCUT2D eigenvalue weighted by molar-refractivity contribution is 5.32. The van der Waals surface area contributed by atoms with Gasteiger partial charge in [-0.2, -0.15) is 0 Å². The fourth-order valence-corrected chi connectivity index (χ4v) is 2.06. The van der Waals surface area contributed by atoms with Crippen LogP contribution in [0.5, 0.6) is 0 Å². The fourth-order valence-electron chi connectivity index (χ4n) is 2.06. The largest absolute Gasteiger partial charge is 0.396 e. The first-order valence-corrected chi connectivity index (χ1v) is 4.68. The van der Waals surface area contributed by atoms with Gasteiger partial charge in [-0.25, -0.2) is 0 Å². The van der Waals surface area contributed by atoms with E-state index in [4.69, 9.17) is 0 Å². The molecule has 0 radical (unpaired) electrons. The highest BCUT2D eigenvalue weighted by atomic mass is 16.3. The summed E-state index contributed by atoms with van der Waals surface area (Å²) in [4.78, 5) is 2.25. The van der Waals surface area contributed by atoms with E-state index < -0.39 is 0 Å². The summed E-state index contributed by atoms with van der Waals surface area (Å²) < 4.78 is 0. The number of rotatable bonds is 1. The van der Waals surface area contributed by atoms with E-state index >= 15 is 0 Å². The molecular weight excluding hydrogens is 162 g/mol. The molecular formula is C11H15NO. The molecule has 1 N–H and O–H groups in total. The maximum absolute atomic E-state index is 9.23. The van der Waals surface area contributed by atoms with Crippen molar-refractivity contribution in [2.24, 2.45) is 0 Å². The van der Waals surface area contributed by atoms with Crippen LogP contribution < -0.4 is 0 Å². The van der Waals surface area contributed by atoms with Crippen LogP contribution in [0.25, 0.3) is 0 Å². The molecule has 2 nitrogen and oxygen atoms in total. The Bertz CT molecular complexity index is 298. The molecule has 0 bridgehead atoms. The lowest BCUT2D eigenvalue weighted by Crippen LogP contribution is -2.31. The predicted molar refractivity (Wildman–Crippen MR) is 52.6 cm³/mol. The van der Waals surface area contributed by atoms with Crippen LogP contribution in [0.2, 0.25) is 0 Å². The molecule has 13 heavy (non-hydrogen) atoms. The summed E-state index contributed by atoms with van der Waals surface area (Å²) in [7, 11) is 2.10. The van der Waals surface area contributed by atoms with E-state index in [0.717, 1.165) is 13.1 Å². The van der Waals surface area contributed by atoms with Crippen molar-refractivity contribution >= 4 is 0 Å². The van der Waals surface area contributed by atoms with Crippen LogP contribution in [0.15, 0.2) is 24.3 Å². The van der Waals surface area contributed by atoms with E-state index in [-0.39, 0.29) is 6.61 Å². The van der Waals surface area contributed by atoms with E-state index in [0.29, 0.717) is 5.92 Å². The number of likely N-dealkylation sites (N-methyl/N-ethyl adjacent to an activating group) is 1. The molecule has 0 saturated heterocycles. The smallest absolute Gasteiger partial charge is 0.0512 e. The van der Waals surface area contributed by atoms with Gasteiger partial charge >= 0.3 is 0 Å². The topological polar surface area (TPSA) is 23.5 Å². The summed E-state index contributed by atoms with van der Waals surface area (Å²) in [5, 5.41) is 9.23. The first-order chi connectivity index (χ1) is 6.31. The van der Waals surface area contributed by atoms with Gasteiger partial charge in [-0.1, -0.05) is 24.3 Å². The van der Waals surface area contributed by atoms with E-state index in [2.05, 4.69) is 30.1 Å². The number of benzene rings is 1. The molecule has 1 atom stereocenters. The number of fused-ring (bicyclic) bond motifs is 1. The van der Waals surface area contributed by atoms with Gasteiger partial charge < -0.3 is 10.0 Å². The molecule has 70 valence electrons. The van der Waals surface area contributed by atoms with Gasteiger partial charge in [0.1, 0.15) is 0 Å². The highest BCUT2D eigenvalue weighted by Gasteiger charge is 2.21. The number of hydrogen-bond donors (Lipinski definition) is 1. The van der Waals surface area contributed by atoms with E-state index in [1.54, 1.807) is 0 Å². The molecule has 1 aliphatic heterocycles. The number of aliphatic hydroxyl groups is 1. The van der Waals surface area contributed by atoms with Crippen LogP contribution >= 0.6 is 0 Å². The van der Waals surface area contributed by atoms with Crippen molar-refractivity contribution in [1.82, 2.24) is 4.90 Å². The normalized spacial score (nSPS) is 22.8. The molecule has 2 heteroatoms. The standard InChI is InChI=1S/C11H15NO/c1-12-6-9-4-2-3-5-11(9)10(7-12)8-13/h2-5,10,13H,6-8H2,1H3. The lowest BCUT2D eigenvalue weighted by molar-refractivity contribution is 0.202. The molecule has 0 amide bonds. The Morgan fingerprint density at radius 2 is 2.23 bits per heavy atom. The van der Waals surface area contributed by atoms with Crippen LogP contribution in [0, 0.1) is 0 Å².